The summed E-state index contributed by atoms with van der Waals surface area (Å²) in [5.41, 5.74) is 0.953. The first-order valence-corrected chi connectivity index (χ1v) is 7.03. The molecule has 0 amide bonds. The predicted octanol–water partition coefficient (Wildman–Crippen LogP) is 4.56. The third-order valence-corrected chi connectivity index (χ3v) is 3.34. The van der Waals surface area contributed by atoms with Crippen LogP contribution in [0.15, 0.2) is 42.5 Å². The van der Waals surface area contributed by atoms with Crippen molar-refractivity contribution in [2.24, 2.45) is 0 Å². The molecule has 6 heteroatoms. The topological polar surface area (TPSA) is 69.4 Å². The summed E-state index contributed by atoms with van der Waals surface area (Å²) in [6.07, 6.45) is 1.20. The second-order valence-electron chi connectivity index (χ2n) is 4.82. The van der Waals surface area contributed by atoms with E-state index in [1.807, 2.05) is 12.1 Å². The van der Waals surface area contributed by atoms with E-state index in [4.69, 9.17) is 16.3 Å². The van der Waals surface area contributed by atoms with E-state index in [0.29, 0.717) is 24.3 Å². The first-order valence-electron chi connectivity index (χ1n) is 6.66. The maximum atomic E-state index is 11.0. The van der Waals surface area contributed by atoms with E-state index in [1.54, 1.807) is 19.1 Å². The molecule has 0 fully saturated rings. The molecule has 114 valence electrons. The van der Waals surface area contributed by atoms with Gasteiger partial charge in [-0.25, -0.2) is 0 Å². The van der Waals surface area contributed by atoms with Crippen molar-refractivity contribution in [3.63, 3.8) is 0 Å². The summed E-state index contributed by atoms with van der Waals surface area (Å²) in [5, 5.41) is 10.8. The van der Waals surface area contributed by atoms with E-state index in [0.717, 1.165) is 5.56 Å². The fraction of sp³-hybridized carbons (Fsp3) is 0.188. The van der Waals surface area contributed by atoms with Crippen LogP contribution < -0.4 is 4.74 Å². The number of nitro groups is 1. The molecular formula is C16H14ClNO4. The molecule has 0 aliphatic rings. The molecule has 0 heterocycles. The Kier molecular flexibility index (Phi) is 5.12. The summed E-state index contributed by atoms with van der Waals surface area (Å²) in [4.78, 5) is 21.1. The van der Waals surface area contributed by atoms with Crippen molar-refractivity contribution in [2.75, 3.05) is 0 Å². The van der Waals surface area contributed by atoms with E-state index in [1.165, 1.54) is 18.2 Å². The van der Waals surface area contributed by atoms with E-state index in [2.05, 4.69) is 0 Å². The third kappa shape index (κ3) is 4.30. The molecule has 0 saturated heterocycles. The molecule has 0 unspecified atom stereocenters. The summed E-state index contributed by atoms with van der Waals surface area (Å²) >= 11 is 5.97. The van der Waals surface area contributed by atoms with Gasteiger partial charge in [-0.05, 0) is 37.1 Å². The zero-order chi connectivity index (χ0) is 16.1. The number of Topliss-reactive ketones (excluding diaryl/α,β-unsaturated/α-hetero) is 1. The number of non-ortho nitro benzene ring substituents is 1. The molecule has 0 aromatic heterocycles. The number of aryl methyl sites for hydroxylation is 1. The monoisotopic (exact) mass is 319 g/mol. The Morgan fingerprint density at radius 2 is 1.91 bits per heavy atom. The molecule has 2 aromatic rings. The Morgan fingerprint density at radius 3 is 2.45 bits per heavy atom. The van der Waals surface area contributed by atoms with Crippen LogP contribution in [0.4, 0.5) is 5.69 Å². The van der Waals surface area contributed by atoms with Gasteiger partial charge in [-0.1, -0.05) is 23.7 Å². The van der Waals surface area contributed by atoms with Gasteiger partial charge in [0.25, 0.3) is 5.69 Å². The van der Waals surface area contributed by atoms with Crippen molar-refractivity contribution in [2.45, 2.75) is 19.8 Å². The van der Waals surface area contributed by atoms with Gasteiger partial charge in [0.1, 0.15) is 17.3 Å². The van der Waals surface area contributed by atoms with Gasteiger partial charge in [0, 0.05) is 18.6 Å². The zero-order valence-electron chi connectivity index (χ0n) is 11.9. The van der Waals surface area contributed by atoms with E-state index >= 15 is 0 Å². The van der Waals surface area contributed by atoms with Gasteiger partial charge >= 0.3 is 0 Å². The van der Waals surface area contributed by atoms with Crippen molar-refractivity contribution in [3.8, 4) is 11.5 Å². The van der Waals surface area contributed by atoms with Crippen LogP contribution in [0.5, 0.6) is 11.5 Å². The number of halogens is 1. The third-order valence-electron chi connectivity index (χ3n) is 3.04. The van der Waals surface area contributed by atoms with Crippen molar-refractivity contribution < 1.29 is 14.5 Å². The number of hydrogen-bond acceptors (Lipinski definition) is 4. The Hall–Kier alpha value is -2.40. The van der Waals surface area contributed by atoms with Crippen LogP contribution >= 0.6 is 11.6 Å². The van der Waals surface area contributed by atoms with Crippen LogP contribution in [0, 0.1) is 10.1 Å². The first-order chi connectivity index (χ1) is 10.5. The number of ketones is 1. The molecule has 0 aliphatic heterocycles. The van der Waals surface area contributed by atoms with Gasteiger partial charge in [0.05, 0.1) is 9.95 Å². The SMILES string of the molecule is CC(=O)CCc1ccc(Oc2ccc([N+](=O)[O-])cc2Cl)cc1. The molecule has 2 rings (SSSR count). The minimum atomic E-state index is -0.514. The largest absolute Gasteiger partial charge is 0.456 e. The molecule has 0 radical (unpaired) electrons. The lowest BCUT2D eigenvalue weighted by molar-refractivity contribution is -0.384. The fourth-order valence-electron chi connectivity index (χ4n) is 1.86. The van der Waals surface area contributed by atoms with Crippen molar-refractivity contribution in [1.82, 2.24) is 0 Å². The molecule has 0 N–H and O–H groups in total. The van der Waals surface area contributed by atoms with Crippen LogP contribution in [-0.4, -0.2) is 10.7 Å². The summed E-state index contributed by atoms with van der Waals surface area (Å²) < 4.78 is 5.60. The van der Waals surface area contributed by atoms with Gasteiger partial charge in [-0.15, -0.1) is 0 Å². The smallest absolute Gasteiger partial charge is 0.271 e. The molecule has 0 bridgehead atoms. The van der Waals surface area contributed by atoms with E-state index < -0.39 is 4.92 Å². The van der Waals surface area contributed by atoms with Crippen LogP contribution in [0.25, 0.3) is 0 Å². The molecule has 0 atom stereocenters. The minimum absolute atomic E-state index is 0.0862. The molecule has 0 spiro atoms. The second-order valence-corrected chi connectivity index (χ2v) is 5.23. The number of carbonyl (C=O) groups excluding carboxylic acids is 1. The summed E-state index contributed by atoms with van der Waals surface area (Å²) in [5.74, 6) is 1.07. The number of carbonyl (C=O) groups is 1. The molecule has 22 heavy (non-hydrogen) atoms. The van der Waals surface area contributed by atoms with E-state index in [-0.39, 0.29) is 16.5 Å². The van der Waals surface area contributed by atoms with Gasteiger partial charge in [0.15, 0.2) is 0 Å². The minimum Gasteiger partial charge on any atom is -0.456 e. The highest BCUT2D eigenvalue weighted by Crippen LogP contribution is 2.32. The molecule has 0 aliphatic carbocycles. The maximum absolute atomic E-state index is 11.0. The normalized spacial score (nSPS) is 10.3. The standard InChI is InChI=1S/C16H14ClNO4/c1-11(19)2-3-12-4-7-14(8-5-12)22-16-9-6-13(18(20)21)10-15(16)17/h4-10H,2-3H2,1H3. The van der Waals surface area contributed by atoms with Crippen molar-refractivity contribution >= 4 is 23.1 Å². The Labute approximate surface area is 132 Å². The lowest BCUT2D eigenvalue weighted by atomic mass is 10.1. The summed E-state index contributed by atoms with van der Waals surface area (Å²) in [6.45, 7) is 1.56. The Bertz CT molecular complexity index is 698. The number of rotatable bonds is 6. The highest BCUT2D eigenvalue weighted by Gasteiger charge is 2.11. The molecule has 5 nitrogen and oxygen atoms in total. The average molecular weight is 320 g/mol. The first kappa shape index (κ1) is 16.0. The quantitative estimate of drug-likeness (QED) is 0.578. The molecule has 2 aromatic carbocycles. The van der Waals surface area contributed by atoms with Crippen LogP contribution in [0.1, 0.15) is 18.9 Å². The highest BCUT2D eigenvalue weighted by atomic mass is 35.5. The van der Waals surface area contributed by atoms with E-state index in [9.17, 15) is 14.9 Å². The van der Waals surface area contributed by atoms with Crippen LogP contribution in [-0.2, 0) is 11.2 Å². The Morgan fingerprint density at radius 1 is 1.23 bits per heavy atom. The number of benzene rings is 2. The number of nitro benzene ring substituents is 1. The number of nitrogens with zero attached hydrogens (tertiary/aromatic N) is 1. The average Bonchev–Trinajstić information content (AvgIpc) is 2.48. The highest BCUT2D eigenvalue weighted by molar-refractivity contribution is 6.32. The number of ether oxygens (including phenoxy) is 1. The van der Waals surface area contributed by atoms with Crippen LogP contribution in [0.2, 0.25) is 5.02 Å². The van der Waals surface area contributed by atoms with Gasteiger partial charge < -0.3 is 9.53 Å². The van der Waals surface area contributed by atoms with Gasteiger partial charge in [0.2, 0.25) is 0 Å². The van der Waals surface area contributed by atoms with Crippen molar-refractivity contribution in [3.05, 3.63) is 63.2 Å². The predicted molar refractivity (Wildman–Crippen MR) is 83.6 cm³/mol. The van der Waals surface area contributed by atoms with Crippen LogP contribution in [0.3, 0.4) is 0 Å². The Balaban J connectivity index is 2.07. The van der Waals surface area contributed by atoms with Crippen molar-refractivity contribution in [1.29, 1.82) is 0 Å². The summed E-state index contributed by atoms with van der Waals surface area (Å²) in [7, 11) is 0. The molecule has 0 saturated carbocycles. The maximum Gasteiger partial charge on any atom is 0.271 e. The fourth-order valence-corrected chi connectivity index (χ4v) is 2.07. The lowest BCUT2D eigenvalue weighted by Gasteiger charge is -2.08. The summed E-state index contributed by atoms with van der Waals surface area (Å²) in [6, 6.07) is 11.3. The van der Waals surface area contributed by atoms with Gasteiger partial charge in [-0.3, -0.25) is 10.1 Å². The van der Waals surface area contributed by atoms with Gasteiger partial charge in [-0.2, -0.15) is 0 Å². The molecular weight excluding hydrogens is 306 g/mol. The number of hydrogen-bond donors (Lipinski definition) is 0. The lowest BCUT2D eigenvalue weighted by Crippen LogP contribution is -1.94. The second kappa shape index (κ2) is 7.04. The zero-order valence-corrected chi connectivity index (χ0v) is 12.7.